The molecule has 0 aromatic heterocycles. The van der Waals surface area contributed by atoms with E-state index in [0.29, 0.717) is 5.88 Å². The molecular formula is C11H10ClN. The van der Waals surface area contributed by atoms with E-state index in [2.05, 4.69) is 17.1 Å². The molecule has 0 atom stereocenters. The van der Waals surface area contributed by atoms with Crippen LogP contribution in [0.25, 0.3) is 0 Å². The first-order valence-electron chi connectivity index (χ1n) is 4.26. The zero-order valence-electron chi connectivity index (χ0n) is 7.20. The fourth-order valence-electron chi connectivity index (χ4n) is 1.36. The van der Waals surface area contributed by atoms with Crippen LogP contribution >= 0.6 is 11.6 Å². The van der Waals surface area contributed by atoms with E-state index >= 15 is 0 Å². The number of allylic oxidation sites excluding steroid dienone is 1. The van der Waals surface area contributed by atoms with Crippen molar-refractivity contribution < 1.29 is 0 Å². The molecule has 2 heteroatoms. The fourth-order valence-corrected chi connectivity index (χ4v) is 1.53. The molecule has 0 N–H and O–H groups in total. The van der Waals surface area contributed by atoms with E-state index in [0.717, 1.165) is 12.1 Å². The van der Waals surface area contributed by atoms with Gasteiger partial charge in [0, 0.05) is 18.5 Å². The maximum Gasteiger partial charge on any atom is 0.0517 e. The predicted octanol–water partition coefficient (Wildman–Crippen LogP) is 3.00. The molecule has 1 aliphatic heterocycles. The highest BCUT2D eigenvalue weighted by Gasteiger charge is 2.10. The van der Waals surface area contributed by atoms with Crippen molar-refractivity contribution in [1.29, 1.82) is 0 Å². The zero-order valence-corrected chi connectivity index (χ0v) is 7.96. The SMILES string of the molecule is ClCC1=CN=C(c2ccccc2)C1. The van der Waals surface area contributed by atoms with Gasteiger partial charge in [0.25, 0.3) is 0 Å². The molecule has 1 aromatic carbocycles. The number of hydrogen-bond donors (Lipinski definition) is 0. The van der Waals surface area contributed by atoms with Gasteiger partial charge in [0.2, 0.25) is 0 Å². The van der Waals surface area contributed by atoms with Crippen molar-refractivity contribution in [2.75, 3.05) is 5.88 Å². The van der Waals surface area contributed by atoms with Crippen LogP contribution in [0, 0.1) is 0 Å². The lowest BCUT2D eigenvalue weighted by atomic mass is 10.1. The van der Waals surface area contributed by atoms with Crippen molar-refractivity contribution in [3.63, 3.8) is 0 Å². The third kappa shape index (κ3) is 1.81. The van der Waals surface area contributed by atoms with Gasteiger partial charge in [-0.05, 0) is 11.1 Å². The van der Waals surface area contributed by atoms with Crippen LogP contribution in [0.5, 0.6) is 0 Å². The normalized spacial score (nSPS) is 15.5. The van der Waals surface area contributed by atoms with Gasteiger partial charge in [0.1, 0.15) is 0 Å². The van der Waals surface area contributed by atoms with Crippen molar-refractivity contribution in [2.24, 2.45) is 4.99 Å². The van der Waals surface area contributed by atoms with E-state index in [1.54, 1.807) is 0 Å². The van der Waals surface area contributed by atoms with E-state index in [4.69, 9.17) is 11.6 Å². The van der Waals surface area contributed by atoms with Crippen LogP contribution in [0.3, 0.4) is 0 Å². The van der Waals surface area contributed by atoms with Crippen molar-refractivity contribution in [3.8, 4) is 0 Å². The Bertz CT molecular complexity index is 352. The zero-order chi connectivity index (χ0) is 9.10. The van der Waals surface area contributed by atoms with Gasteiger partial charge in [-0.15, -0.1) is 11.6 Å². The Morgan fingerprint density at radius 1 is 1.23 bits per heavy atom. The van der Waals surface area contributed by atoms with Crippen molar-refractivity contribution in [2.45, 2.75) is 6.42 Å². The Morgan fingerprint density at radius 3 is 2.62 bits per heavy atom. The molecule has 0 unspecified atom stereocenters. The lowest BCUT2D eigenvalue weighted by Gasteiger charge is -2.00. The van der Waals surface area contributed by atoms with Gasteiger partial charge in [-0.25, -0.2) is 0 Å². The predicted molar refractivity (Wildman–Crippen MR) is 56.4 cm³/mol. The molecule has 1 aliphatic rings. The van der Waals surface area contributed by atoms with Gasteiger partial charge in [-0.2, -0.15) is 0 Å². The van der Waals surface area contributed by atoms with E-state index in [1.165, 1.54) is 11.1 Å². The number of alkyl halides is 1. The van der Waals surface area contributed by atoms with E-state index < -0.39 is 0 Å². The van der Waals surface area contributed by atoms with Crippen LogP contribution in [0.4, 0.5) is 0 Å². The van der Waals surface area contributed by atoms with Crippen LogP contribution in [0.1, 0.15) is 12.0 Å². The largest absolute Gasteiger partial charge is 0.260 e. The maximum atomic E-state index is 5.72. The monoisotopic (exact) mass is 191 g/mol. The topological polar surface area (TPSA) is 12.4 Å². The second-order valence-corrected chi connectivity index (χ2v) is 3.31. The fraction of sp³-hybridized carbons (Fsp3) is 0.182. The molecule has 0 aliphatic carbocycles. The Hall–Kier alpha value is -1.08. The first kappa shape index (κ1) is 8.52. The van der Waals surface area contributed by atoms with Crippen LogP contribution in [0.15, 0.2) is 47.1 Å². The summed E-state index contributed by atoms with van der Waals surface area (Å²) in [5, 5.41) is 0. The Morgan fingerprint density at radius 2 is 2.00 bits per heavy atom. The van der Waals surface area contributed by atoms with E-state index in [9.17, 15) is 0 Å². The summed E-state index contributed by atoms with van der Waals surface area (Å²) in [5.41, 5.74) is 3.51. The summed E-state index contributed by atoms with van der Waals surface area (Å²) in [5.74, 6) is 0.583. The minimum atomic E-state index is 0.583. The van der Waals surface area contributed by atoms with Gasteiger partial charge < -0.3 is 0 Å². The molecule has 0 saturated heterocycles. The molecule has 13 heavy (non-hydrogen) atoms. The first-order valence-corrected chi connectivity index (χ1v) is 4.79. The summed E-state index contributed by atoms with van der Waals surface area (Å²) >= 11 is 5.72. The smallest absolute Gasteiger partial charge is 0.0517 e. The van der Waals surface area contributed by atoms with E-state index in [-0.39, 0.29) is 0 Å². The van der Waals surface area contributed by atoms with Crippen LogP contribution in [-0.2, 0) is 0 Å². The quantitative estimate of drug-likeness (QED) is 0.638. The molecule has 0 spiro atoms. The lowest BCUT2D eigenvalue weighted by Crippen LogP contribution is -1.97. The van der Waals surface area contributed by atoms with E-state index in [1.807, 2.05) is 24.4 Å². The third-order valence-electron chi connectivity index (χ3n) is 2.08. The molecule has 0 saturated carbocycles. The molecular weight excluding hydrogens is 182 g/mol. The standard InChI is InChI=1S/C11H10ClN/c12-7-9-6-11(13-8-9)10-4-2-1-3-5-10/h1-5,8H,6-7H2. The average molecular weight is 192 g/mol. The highest BCUT2D eigenvalue weighted by atomic mass is 35.5. The summed E-state index contributed by atoms with van der Waals surface area (Å²) in [6.07, 6.45) is 2.77. The van der Waals surface area contributed by atoms with Crippen LogP contribution < -0.4 is 0 Å². The molecule has 1 aromatic rings. The van der Waals surface area contributed by atoms with Gasteiger partial charge in [0.05, 0.1) is 5.71 Å². The third-order valence-corrected chi connectivity index (χ3v) is 2.42. The molecule has 66 valence electrons. The highest BCUT2D eigenvalue weighted by molar-refractivity contribution is 6.20. The second kappa shape index (κ2) is 3.75. The summed E-state index contributed by atoms with van der Waals surface area (Å²) < 4.78 is 0. The van der Waals surface area contributed by atoms with Gasteiger partial charge in [-0.3, -0.25) is 4.99 Å². The number of aliphatic imine (C=N–C) groups is 1. The van der Waals surface area contributed by atoms with Crippen LogP contribution in [-0.4, -0.2) is 11.6 Å². The number of hydrogen-bond acceptors (Lipinski definition) is 1. The van der Waals surface area contributed by atoms with Crippen molar-refractivity contribution in [3.05, 3.63) is 47.7 Å². The Balaban J connectivity index is 2.16. The molecule has 1 heterocycles. The second-order valence-electron chi connectivity index (χ2n) is 3.04. The summed E-state index contributed by atoms with van der Waals surface area (Å²) in [4.78, 5) is 4.33. The molecule has 0 amide bonds. The molecule has 0 bridgehead atoms. The average Bonchev–Trinajstić information content (AvgIpc) is 2.67. The first-order chi connectivity index (χ1) is 6.40. The molecule has 1 nitrogen and oxygen atoms in total. The number of halogens is 1. The molecule has 0 fully saturated rings. The number of nitrogens with zero attached hydrogens (tertiary/aromatic N) is 1. The minimum Gasteiger partial charge on any atom is -0.260 e. The minimum absolute atomic E-state index is 0.583. The lowest BCUT2D eigenvalue weighted by molar-refractivity contribution is 1.31. The van der Waals surface area contributed by atoms with Gasteiger partial charge >= 0.3 is 0 Å². The summed E-state index contributed by atoms with van der Waals surface area (Å²) in [6.45, 7) is 0. The van der Waals surface area contributed by atoms with Gasteiger partial charge in [0.15, 0.2) is 0 Å². The number of rotatable bonds is 2. The van der Waals surface area contributed by atoms with Crippen molar-refractivity contribution in [1.82, 2.24) is 0 Å². The van der Waals surface area contributed by atoms with Gasteiger partial charge in [-0.1, -0.05) is 30.3 Å². The highest BCUT2D eigenvalue weighted by Crippen LogP contribution is 2.17. The molecule has 2 rings (SSSR count). The van der Waals surface area contributed by atoms with Crippen molar-refractivity contribution >= 4 is 17.3 Å². The van der Waals surface area contributed by atoms with Crippen LogP contribution in [0.2, 0.25) is 0 Å². The Labute approximate surface area is 82.8 Å². The Kier molecular flexibility index (Phi) is 2.46. The molecule has 0 radical (unpaired) electrons. The number of benzene rings is 1. The summed E-state index contributed by atoms with van der Waals surface area (Å²) in [7, 11) is 0. The maximum absolute atomic E-state index is 5.72. The summed E-state index contributed by atoms with van der Waals surface area (Å²) in [6, 6.07) is 10.2.